The Kier molecular flexibility index (Phi) is 4.70. The van der Waals surface area contributed by atoms with Crippen LogP contribution in [-0.4, -0.2) is 41.7 Å². The number of carboxylic acids is 1. The van der Waals surface area contributed by atoms with Gasteiger partial charge in [-0.1, -0.05) is 6.92 Å². The van der Waals surface area contributed by atoms with E-state index < -0.39 is 18.0 Å². The second kappa shape index (κ2) is 6.04. The van der Waals surface area contributed by atoms with Crippen molar-refractivity contribution in [1.29, 1.82) is 0 Å². The lowest BCUT2D eigenvalue weighted by atomic mass is 10.2. The largest absolute Gasteiger partial charge is 0.480 e. The van der Waals surface area contributed by atoms with Gasteiger partial charge >= 0.3 is 11.9 Å². The van der Waals surface area contributed by atoms with Crippen molar-refractivity contribution in [2.24, 2.45) is 0 Å². The molecule has 1 rings (SSSR count). The monoisotopic (exact) mass is 256 g/mol. The molecule has 7 heteroatoms. The van der Waals surface area contributed by atoms with Crippen molar-refractivity contribution in [2.75, 3.05) is 18.6 Å². The van der Waals surface area contributed by atoms with Crippen molar-refractivity contribution in [2.45, 2.75) is 26.3 Å². The molecule has 100 valence electrons. The average Bonchev–Trinajstić information content (AvgIpc) is 2.78. The maximum Gasteiger partial charge on any atom is 0.360 e. The van der Waals surface area contributed by atoms with E-state index in [1.807, 2.05) is 0 Å². The topological polar surface area (TPSA) is 92.9 Å². The van der Waals surface area contributed by atoms with E-state index in [4.69, 9.17) is 14.3 Å². The minimum absolute atomic E-state index is 0.0268. The van der Waals surface area contributed by atoms with Gasteiger partial charge in [-0.05, 0) is 13.3 Å². The van der Waals surface area contributed by atoms with E-state index in [0.29, 0.717) is 6.42 Å². The second-order valence-electron chi connectivity index (χ2n) is 3.61. The molecule has 0 amide bonds. The number of rotatable bonds is 6. The van der Waals surface area contributed by atoms with Gasteiger partial charge in [-0.3, -0.25) is 0 Å². The summed E-state index contributed by atoms with van der Waals surface area (Å²) in [7, 11) is 1.54. The highest BCUT2D eigenvalue weighted by atomic mass is 16.5. The molecule has 0 saturated heterocycles. The Morgan fingerprint density at radius 1 is 1.56 bits per heavy atom. The van der Waals surface area contributed by atoms with E-state index in [1.165, 1.54) is 4.90 Å². The molecule has 0 saturated carbocycles. The van der Waals surface area contributed by atoms with Gasteiger partial charge in [0.1, 0.15) is 12.3 Å². The molecule has 0 spiro atoms. The standard InChI is InChI=1S/C11H16N2O5/c1-4-8(9(14)15)13(3)11-12-7(6-18-11)10(16)17-5-2/h6,8H,4-5H2,1-3H3,(H,14,15). The van der Waals surface area contributed by atoms with Crippen LogP contribution in [0.1, 0.15) is 30.8 Å². The molecule has 0 aliphatic rings. The summed E-state index contributed by atoms with van der Waals surface area (Å²) >= 11 is 0. The van der Waals surface area contributed by atoms with E-state index in [2.05, 4.69) is 4.98 Å². The van der Waals surface area contributed by atoms with Gasteiger partial charge in [-0.15, -0.1) is 0 Å². The number of hydrogen-bond acceptors (Lipinski definition) is 6. The smallest absolute Gasteiger partial charge is 0.360 e. The third kappa shape index (κ3) is 2.99. The molecule has 18 heavy (non-hydrogen) atoms. The van der Waals surface area contributed by atoms with Crippen molar-refractivity contribution >= 4 is 18.0 Å². The average molecular weight is 256 g/mol. The van der Waals surface area contributed by atoms with Crippen LogP contribution in [0.5, 0.6) is 0 Å². The van der Waals surface area contributed by atoms with Gasteiger partial charge in [0.05, 0.1) is 6.61 Å². The minimum Gasteiger partial charge on any atom is -0.480 e. The van der Waals surface area contributed by atoms with Crippen LogP contribution in [0.4, 0.5) is 6.01 Å². The van der Waals surface area contributed by atoms with E-state index in [1.54, 1.807) is 20.9 Å². The number of anilines is 1. The van der Waals surface area contributed by atoms with Gasteiger partial charge in [-0.2, -0.15) is 4.98 Å². The summed E-state index contributed by atoms with van der Waals surface area (Å²) < 4.78 is 9.84. The summed E-state index contributed by atoms with van der Waals surface area (Å²) in [5.41, 5.74) is 0.0268. The molecule has 0 aliphatic carbocycles. The maximum atomic E-state index is 11.4. The van der Waals surface area contributed by atoms with Crippen LogP contribution in [0.2, 0.25) is 0 Å². The highest BCUT2D eigenvalue weighted by molar-refractivity contribution is 5.87. The van der Waals surface area contributed by atoms with Crippen LogP contribution in [0.25, 0.3) is 0 Å². The lowest BCUT2D eigenvalue weighted by Crippen LogP contribution is -2.38. The van der Waals surface area contributed by atoms with Crippen molar-refractivity contribution < 1.29 is 23.8 Å². The fourth-order valence-electron chi connectivity index (χ4n) is 1.47. The van der Waals surface area contributed by atoms with Gasteiger partial charge in [0, 0.05) is 7.05 Å². The van der Waals surface area contributed by atoms with E-state index in [9.17, 15) is 9.59 Å². The Bertz CT molecular complexity index is 429. The van der Waals surface area contributed by atoms with Gasteiger partial charge in [-0.25, -0.2) is 9.59 Å². The van der Waals surface area contributed by atoms with Crippen LogP contribution in [0.3, 0.4) is 0 Å². The quantitative estimate of drug-likeness (QED) is 0.763. The Morgan fingerprint density at radius 2 is 2.22 bits per heavy atom. The molecule has 1 heterocycles. The Balaban J connectivity index is 2.84. The molecule has 0 radical (unpaired) electrons. The molecule has 7 nitrogen and oxygen atoms in total. The SMILES string of the molecule is CCOC(=O)c1coc(N(C)C(CC)C(=O)O)n1. The Morgan fingerprint density at radius 3 is 2.72 bits per heavy atom. The molecule has 1 aromatic rings. The van der Waals surface area contributed by atoms with Gasteiger partial charge in [0.2, 0.25) is 0 Å². The van der Waals surface area contributed by atoms with Crippen molar-refractivity contribution in [3.8, 4) is 0 Å². The first kappa shape index (κ1) is 14.0. The molecule has 0 aromatic carbocycles. The third-order valence-electron chi connectivity index (χ3n) is 2.42. The molecular weight excluding hydrogens is 240 g/mol. The number of oxazole rings is 1. The Hall–Kier alpha value is -2.05. The molecule has 1 N–H and O–H groups in total. The summed E-state index contributed by atoms with van der Waals surface area (Å²) in [6.45, 7) is 3.66. The number of carbonyl (C=O) groups is 2. The number of hydrogen-bond donors (Lipinski definition) is 1. The number of nitrogens with zero attached hydrogens (tertiary/aromatic N) is 2. The van der Waals surface area contributed by atoms with Gasteiger partial charge in [0.25, 0.3) is 6.01 Å². The zero-order valence-corrected chi connectivity index (χ0v) is 10.5. The third-order valence-corrected chi connectivity index (χ3v) is 2.42. The first-order valence-electron chi connectivity index (χ1n) is 5.59. The van der Waals surface area contributed by atoms with Crippen molar-refractivity contribution in [3.05, 3.63) is 12.0 Å². The van der Waals surface area contributed by atoms with Gasteiger partial charge in [0.15, 0.2) is 5.69 Å². The summed E-state index contributed by atoms with van der Waals surface area (Å²) in [4.78, 5) is 27.6. The molecule has 1 atom stereocenters. The predicted octanol–water partition coefficient (Wildman–Crippen LogP) is 1.15. The number of carboxylic acid groups (broad SMARTS) is 1. The first-order valence-corrected chi connectivity index (χ1v) is 5.59. The summed E-state index contributed by atoms with van der Waals surface area (Å²) in [5.74, 6) is -1.57. The lowest BCUT2D eigenvalue weighted by Gasteiger charge is -2.21. The van der Waals surface area contributed by atoms with Crippen LogP contribution < -0.4 is 4.90 Å². The predicted molar refractivity (Wildman–Crippen MR) is 62.6 cm³/mol. The van der Waals surface area contributed by atoms with Crippen LogP contribution in [-0.2, 0) is 9.53 Å². The fraction of sp³-hybridized carbons (Fsp3) is 0.545. The number of aliphatic carboxylic acids is 1. The molecule has 0 bridgehead atoms. The number of carbonyl (C=O) groups excluding carboxylic acids is 1. The van der Waals surface area contributed by atoms with Crippen molar-refractivity contribution in [1.82, 2.24) is 4.98 Å². The molecule has 1 unspecified atom stereocenters. The summed E-state index contributed by atoms with van der Waals surface area (Å²) in [6, 6.07) is -0.675. The first-order chi connectivity index (χ1) is 8.51. The van der Waals surface area contributed by atoms with Gasteiger partial charge < -0.3 is 19.2 Å². The van der Waals surface area contributed by atoms with E-state index in [0.717, 1.165) is 6.26 Å². The summed E-state index contributed by atoms with van der Waals surface area (Å²) in [6.07, 6.45) is 1.54. The number of aromatic nitrogens is 1. The minimum atomic E-state index is -0.976. The highest BCUT2D eigenvalue weighted by Gasteiger charge is 2.25. The molecule has 0 fully saturated rings. The fourth-order valence-corrected chi connectivity index (χ4v) is 1.47. The Labute approximate surface area is 104 Å². The lowest BCUT2D eigenvalue weighted by molar-refractivity contribution is -0.138. The summed E-state index contributed by atoms with van der Waals surface area (Å²) in [5, 5.41) is 9.00. The molecular formula is C11H16N2O5. The second-order valence-corrected chi connectivity index (χ2v) is 3.61. The normalized spacial score (nSPS) is 11.9. The molecule has 0 aliphatic heterocycles. The zero-order valence-electron chi connectivity index (χ0n) is 10.5. The van der Waals surface area contributed by atoms with Crippen LogP contribution in [0, 0.1) is 0 Å². The maximum absolute atomic E-state index is 11.4. The van der Waals surface area contributed by atoms with Crippen LogP contribution >= 0.6 is 0 Å². The zero-order chi connectivity index (χ0) is 13.7. The highest BCUT2D eigenvalue weighted by Crippen LogP contribution is 2.16. The number of likely N-dealkylation sites (N-methyl/N-ethyl adjacent to an activating group) is 1. The number of ether oxygens (including phenoxy) is 1. The van der Waals surface area contributed by atoms with Crippen LogP contribution in [0.15, 0.2) is 10.7 Å². The van der Waals surface area contributed by atoms with E-state index in [-0.39, 0.29) is 18.3 Å². The molecule has 1 aromatic heterocycles. The van der Waals surface area contributed by atoms with E-state index >= 15 is 0 Å². The number of esters is 1. The van der Waals surface area contributed by atoms with Crippen molar-refractivity contribution in [3.63, 3.8) is 0 Å².